The molecule has 0 saturated heterocycles. The molecule has 0 aromatic heterocycles. The fourth-order valence-corrected chi connectivity index (χ4v) is 4.45. The van der Waals surface area contributed by atoms with Gasteiger partial charge in [-0.05, 0) is 53.6 Å². The highest BCUT2D eigenvalue weighted by atomic mass is 19.4. The predicted octanol–water partition coefficient (Wildman–Crippen LogP) is 9.20. The fraction of sp³-hybridized carbons (Fsp3) is 0.226. The maximum absolute atomic E-state index is 14.8. The van der Waals surface area contributed by atoms with Crippen LogP contribution in [-0.2, 0) is 31.7 Å². The van der Waals surface area contributed by atoms with Gasteiger partial charge in [-0.1, -0.05) is 42.5 Å². The molecule has 4 aromatic rings. The summed E-state index contributed by atoms with van der Waals surface area (Å²) in [5, 5.41) is 10.9. The Morgan fingerprint density at radius 1 is 0.682 bits per heavy atom. The Labute approximate surface area is 244 Å². The molecule has 0 amide bonds. The summed E-state index contributed by atoms with van der Waals surface area (Å²) >= 11 is 0. The van der Waals surface area contributed by atoms with Crippen molar-refractivity contribution in [1.29, 1.82) is 0 Å². The van der Waals surface area contributed by atoms with E-state index >= 15 is 0 Å². The first-order valence-electron chi connectivity index (χ1n) is 12.9. The lowest BCUT2D eigenvalue weighted by Gasteiger charge is -2.29. The van der Waals surface area contributed by atoms with E-state index in [0.717, 1.165) is 36.4 Å². The van der Waals surface area contributed by atoms with Crippen LogP contribution in [0.5, 0.6) is 5.75 Å². The van der Waals surface area contributed by atoms with Gasteiger partial charge in [0, 0.05) is 30.4 Å². The number of aliphatic hydroxyl groups is 1. The Hall–Kier alpha value is -4.26. The molecule has 0 aliphatic rings. The van der Waals surface area contributed by atoms with Crippen molar-refractivity contribution in [3.05, 3.63) is 130 Å². The summed E-state index contributed by atoms with van der Waals surface area (Å²) in [5.74, 6) is -1.12. The van der Waals surface area contributed by atoms with Crippen LogP contribution in [0.2, 0.25) is 0 Å². The molecule has 1 N–H and O–H groups in total. The second-order valence-electron chi connectivity index (χ2n) is 9.77. The molecule has 0 aliphatic heterocycles. The summed E-state index contributed by atoms with van der Waals surface area (Å²) in [6, 6.07) is 16.2. The molecule has 4 rings (SSSR count). The van der Waals surface area contributed by atoms with Crippen LogP contribution in [-0.4, -0.2) is 11.7 Å². The average molecular weight is 632 g/mol. The van der Waals surface area contributed by atoms with Gasteiger partial charge in [0.05, 0.1) is 22.8 Å². The van der Waals surface area contributed by atoms with Crippen LogP contribution < -0.4 is 9.64 Å². The van der Waals surface area contributed by atoms with Gasteiger partial charge in [-0.3, -0.25) is 0 Å². The first-order chi connectivity index (χ1) is 20.5. The normalized spacial score (nSPS) is 13.1. The Bertz CT molecular complexity index is 1580. The number of anilines is 1. The number of rotatable bonds is 9. The van der Waals surface area contributed by atoms with Crippen LogP contribution in [0.15, 0.2) is 91.0 Å². The molecule has 1 atom stereocenters. The Balaban J connectivity index is 1.65. The van der Waals surface area contributed by atoms with Crippen molar-refractivity contribution in [3.8, 4) is 5.75 Å². The number of aliphatic hydroxyl groups excluding tert-OH is 1. The maximum atomic E-state index is 14.8. The molecular weight excluding hydrogens is 608 g/mol. The summed E-state index contributed by atoms with van der Waals surface area (Å²) in [7, 11) is 0. The monoisotopic (exact) mass is 631 g/mol. The number of halogens is 10. The highest BCUT2D eigenvalue weighted by molar-refractivity contribution is 5.52. The van der Waals surface area contributed by atoms with Gasteiger partial charge in [0.2, 0.25) is 0 Å². The van der Waals surface area contributed by atoms with E-state index in [-0.39, 0.29) is 35.2 Å². The molecular formula is C31H23F10NO2. The fourth-order valence-electron chi connectivity index (χ4n) is 4.45. The third kappa shape index (κ3) is 8.22. The minimum atomic E-state index is -4.82. The highest BCUT2D eigenvalue weighted by Crippen LogP contribution is 2.36. The van der Waals surface area contributed by atoms with Gasteiger partial charge in [-0.25, -0.2) is 4.39 Å². The third-order valence-corrected chi connectivity index (χ3v) is 6.60. The quantitative estimate of drug-likeness (QED) is 0.187. The van der Waals surface area contributed by atoms with Crippen molar-refractivity contribution >= 4 is 5.69 Å². The first kappa shape index (κ1) is 32.6. The van der Waals surface area contributed by atoms with Gasteiger partial charge >= 0.3 is 18.5 Å². The second kappa shape index (κ2) is 12.8. The van der Waals surface area contributed by atoms with Crippen molar-refractivity contribution in [3.63, 3.8) is 0 Å². The van der Waals surface area contributed by atoms with E-state index in [1.807, 2.05) is 0 Å². The summed E-state index contributed by atoms with van der Waals surface area (Å²) in [5.41, 5.74) is -3.59. The van der Waals surface area contributed by atoms with Crippen LogP contribution in [0.4, 0.5) is 49.6 Å². The molecule has 0 aliphatic carbocycles. The molecule has 0 radical (unpaired) electrons. The minimum absolute atomic E-state index is 0.114. The summed E-state index contributed by atoms with van der Waals surface area (Å²) in [6.07, 6.45) is -16.0. The average Bonchev–Trinajstić information content (AvgIpc) is 2.95. The molecule has 44 heavy (non-hydrogen) atoms. The molecule has 0 fully saturated rings. The van der Waals surface area contributed by atoms with Crippen molar-refractivity contribution in [2.24, 2.45) is 0 Å². The highest BCUT2D eigenvalue weighted by Gasteiger charge is 2.35. The Morgan fingerprint density at radius 3 is 2.00 bits per heavy atom. The minimum Gasteiger partial charge on any atom is -0.489 e. The van der Waals surface area contributed by atoms with Crippen LogP contribution in [0.3, 0.4) is 0 Å². The van der Waals surface area contributed by atoms with Gasteiger partial charge in [0.15, 0.2) is 0 Å². The van der Waals surface area contributed by atoms with E-state index in [9.17, 15) is 49.0 Å². The maximum Gasteiger partial charge on any atom is 0.416 e. The Morgan fingerprint density at radius 2 is 1.34 bits per heavy atom. The number of nitrogens with zero attached hydrogens (tertiary/aromatic N) is 1. The molecule has 0 saturated carbocycles. The van der Waals surface area contributed by atoms with Gasteiger partial charge in [-0.2, -0.15) is 39.5 Å². The van der Waals surface area contributed by atoms with E-state index in [1.54, 1.807) is 0 Å². The lowest BCUT2D eigenvalue weighted by atomic mass is 10.0. The SMILES string of the molecule is OC(CN(Cc1ccc(C(F)(F)F)cc1F)c1cccc(OCc2cccc(C(F)(F)F)c2)c1)c1ccccc1C(F)(F)F. The molecule has 1 unspecified atom stereocenters. The molecule has 0 heterocycles. The molecule has 0 spiro atoms. The van der Waals surface area contributed by atoms with E-state index in [4.69, 9.17) is 4.74 Å². The second-order valence-corrected chi connectivity index (χ2v) is 9.77. The van der Waals surface area contributed by atoms with Gasteiger partial charge in [-0.15, -0.1) is 0 Å². The van der Waals surface area contributed by atoms with Crippen molar-refractivity contribution < 1.29 is 53.7 Å². The number of hydrogen-bond donors (Lipinski definition) is 1. The van der Waals surface area contributed by atoms with Crippen LogP contribution in [0.1, 0.15) is 39.5 Å². The van der Waals surface area contributed by atoms with Crippen molar-refractivity contribution in [1.82, 2.24) is 0 Å². The Kier molecular flexibility index (Phi) is 9.47. The van der Waals surface area contributed by atoms with Gasteiger partial charge in [0.25, 0.3) is 0 Å². The smallest absolute Gasteiger partial charge is 0.416 e. The number of alkyl halides is 9. The zero-order valence-corrected chi connectivity index (χ0v) is 22.4. The predicted molar refractivity (Wildman–Crippen MR) is 141 cm³/mol. The van der Waals surface area contributed by atoms with E-state index in [2.05, 4.69) is 0 Å². The molecule has 234 valence electrons. The largest absolute Gasteiger partial charge is 0.489 e. The van der Waals surface area contributed by atoms with Gasteiger partial charge in [0.1, 0.15) is 18.2 Å². The summed E-state index contributed by atoms with van der Waals surface area (Å²) < 4.78 is 140. The zero-order chi connectivity index (χ0) is 32.3. The summed E-state index contributed by atoms with van der Waals surface area (Å²) in [4.78, 5) is 1.25. The van der Waals surface area contributed by atoms with Crippen LogP contribution >= 0.6 is 0 Å². The van der Waals surface area contributed by atoms with Gasteiger partial charge < -0.3 is 14.7 Å². The third-order valence-electron chi connectivity index (χ3n) is 6.60. The lowest BCUT2D eigenvalue weighted by Crippen LogP contribution is -2.29. The number of ether oxygens (including phenoxy) is 1. The first-order valence-corrected chi connectivity index (χ1v) is 12.9. The zero-order valence-electron chi connectivity index (χ0n) is 22.4. The van der Waals surface area contributed by atoms with Crippen molar-refractivity contribution in [2.45, 2.75) is 37.8 Å². The summed E-state index contributed by atoms with van der Waals surface area (Å²) in [6.45, 7) is -1.31. The standard InChI is InChI=1S/C31H23F10NO2/c32-27-14-22(30(36,37)38)12-11-20(27)16-42(17-28(43)25-9-1-2-10-26(25)31(39,40)41)23-7-4-8-24(15-23)44-18-19-5-3-6-21(13-19)29(33,34)35/h1-15,28,43H,16-18H2. The number of hydrogen-bond acceptors (Lipinski definition) is 3. The lowest BCUT2D eigenvalue weighted by molar-refractivity contribution is -0.139. The molecule has 13 heteroatoms. The van der Waals surface area contributed by atoms with Crippen molar-refractivity contribution in [2.75, 3.05) is 11.4 Å². The van der Waals surface area contributed by atoms with Crippen LogP contribution in [0.25, 0.3) is 0 Å². The van der Waals surface area contributed by atoms with E-state index < -0.39 is 65.8 Å². The number of benzene rings is 4. The van der Waals surface area contributed by atoms with E-state index in [0.29, 0.717) is 6.07 Å². The molecule has 3 nitrogen and oxygen atoms in total. The topological polar surface area (TPSA) is 32.7 Å². The van der Waals surface area contributed by atoms with E-state index in [1.165, 1.54) is 47.4 Å². The van der Waals surface area contributed by atoms with Crippen LogP contribution in [0, 0.1) is 5.82 Å². The molecule has 0 bridgehead atoms. The molecule has 4 aromatic carbocycles.